The predicted octanol–water partition coefficient (Wildman–Crippen LogP) is 1.93. The minimum Gasteiger partial charge on any atom is -0.479 e. The summed E-state index contributed by atoms with van der Waals surface area (Å²) < 4.78 is 5.47. The number of likely N-dealkylation sites (N-methyl/N-ethyl adjacent to an activating group) is 1. The Balaban J connectivity index is 2.29. The highest BCUT2D eigenvalue weighted by atomic mass is 16.6. The monoisotopic (exact) mass is 298 g/mol. The third kappa shape index (κ3) is 3.48. The normalized spacial score (nSPS) is 27.2. The number of ether oxygens (including phenoxy) is 1. The van der Waals surface area contributed by atoms with Crippen LogP contribution in [-0.4, -0.2) is 64.3 Å². The number of piperidine rings is 1. The molecule has 1 aliphatic carbocycles. The van der Waals surface area contributed by atoms with E-state index in [2.05, 4.69) is 0 Å². The Hall–Kier alpha value is -1.30. The fourth-order valence-electron chi connectivity index (χ4n) is 3.04. The van der Waals surface area contributed by atoms with Gasteiger partial charge in [0.15, 0.2) is 5.54 Å². The third-order valence-electron chi connectivity index (χ3n) is 4.02. The second-order valence-electron chi connectivity index (χ2n) is 7.26. The van der Waals surface area contributed by atoms with Gasteiger partial charge in [0.05, 0.1) is 0 Å². The standard InChI is InChI=1S/C15H26N2O4/c1-14(2,3)21-13(20)17(11-6-7-11)15(12(18)19)8-5-9-16(4)10-15/h11H,5-10H2,1-4H3,(H,18,19). The molecular formula is C15H26N2O4. The van der Waals surface area contributed by atoms with Crippen LogP contribution in [0.3, 0.4) is 0 Å². The van der Waals surface area contributed by atoms with Gasteiger partial charge in [-0.15, -0.1) is 0 Å². The van der Waals surface area contributed by atoms with Gasteiger partial charge in [-0.2, -0.15) is 0 Å². The molecule has 1 saturated heterocycles. The van der Waals surface area contributed by atoms with Crippen LogP contribution in [0.25, 0.3) is 0 Å². The molecule has 6 nitrogen and oxygen atoms in total. The van der Waals surface area contributed by atoms with Crippen LogP contribution in [-0.2, 0) is 9.53 Å². The van der Waals surface area contributed by atoms with E-state index in [-0.39, 0.29) is 6.04 Å². The highest BCUT2D eigenvalue weighted by Gasteiger charge is 2.54. The molecule has 1 unspecified atom stereocenters. The van der Waals surface area contributed by atoms with Gasteiger partial charge >= 0.3 is 12.1 Å². The first-order valence-corrected chi connectivity index (χ1v) is 7.60. The number of hydrogen-bond acceptors (Lipinski definition) is 4. The van der Waals surface area contributed by atoms with Crippen molar-refractivity contribution in [2.75, 3.05) is 20.1 Å². The lowest BCUT2D eigenvalue weighted by Crippen LogP contribution is -2.65. The van der Waals surface area contributed by atoms with Gasteiger partial charge in [0.2, 0.25) is 0 Å². The molecule has 1 aliphatic heterocycles. The molecule has 1 amide bonds. The number of aliphatic carboxylic acids is 1. The Labute approximate surface area is 126 Å². The first-order chi connectivity index (χ1) is 9.66. The second-order valence-corrected chi connectivity index (χ2v) is 7.26. The molecule has 1 N–H and O–H groups in total. The Morgan fingerprint density at radius 2 is 1.95 bits per heavy atom. The number of carboxylic acid groups (broad SMARTS) is 1. The van der Waals surface area contributed by atoms with Crippen LogP contribution in [0.5, 0.6) is 0 Å². The van der Waals surface area contributed by atoms with Gasteiger partial charge in [-0.25, -0.2) is 9.59 Å². The van der Waals surface area contributed by atoms with E-state index >= 15 is 0 Å². The van der Waals surface area contributed by atoms with E-state index < -0.39 is 23.2 Å². The number of nitrogens with zero attached hydrogens (tertiary/aromatic N) is 2. The molecule has 0 radical (unpaired) electrons. The van der Waals surface area contributed by atoms with E-state index in [0.29, 0.717) is 13.0 Å². The molecule has 1 saturated carbocycles. The second kappa shape index (κ2) is 5.48. The third-order valence-corrected chi connectivity index (χ3v) is 4.02. The Morgan fingerprint density at radius 1 is 1.33 bits per heavy atom. The molecule has 0 aromatic carbocycles. The molecule has 2 fully saturated rings. The van der Waals surface area contributed by atoms with Crippen molar-refractivity contribution >= 4 is 12.1 Å². The zero-order chi connectivity index (χ0) is 15.8. The zero-order valence-electron chi connectivity index (χ0n) is 13.4. The molecule has 0 spiro atoms. The fraction of sp³-hybridized carbons (Fsp3) is 0.867. The minimum absolute atomic E-state index is 0.00227. The molecule has 0 bridgehead atoms. The summed E-state index contributed by atoms with van der Waals surface area (Å²) in [5, 5.41) is 9.82. The maximum Gasteiger partial charge on any atom is 0.411 e. The minimum atomic E-state index is -1.16. The quantitative estimate of drug-likeness (QED) is 0.862. The maximum atomic E-state index is 12.6. The summed E-state index contributed by atoms with van der Waals surface area (Å²) >= 11 is 0. The van der Waals surface area contributed by atoms with Crippen molar-refractivity contribution in [3.8, 4) is 0 Å². The lowest BCUT2D eigenvalue weighted by molar-refractivity contribution is -0.155. The number of amides is 1. The van der Waals surface area contributed by atoms with Crippen molar-refractivity contribution in [1.29, 1.82) is 0 Å². The van der Waals surface area contributed by atoms with Crippen molar-refractivity contribution < 1.29 is 19.4 Å². The largest absolute Gasteiger partial charge is 0.479 e. The van der Waals surface area contributed by atoms with Gasteiger partial charge in [0, 0.05) is 12.6 Å². The molecule has 6 heteroatoms. The molecule has 21 heavy (non-hydrogen) atoms. The van der Waals surface area contributed by atoms with E-state index in [1.807, 2.05) is 11.9 Å². The van der Waals surface area contributed by atoms with Crippen molar-refractivity contribution in [3.63, 3.8) is 0 Å². The number of rotatable bonds is 3. The summed E-state index contributed by atoms with van der Waals surface area (Å²) in [4.78, 5) is 28.1. The van der Waals surface area contributed by atoms with Crippen LogP contribution >= 0.6 is 0 Å². The smallest absolute Gasteiger partial charge is 0.411 e. The zero-order valence-corrected chi connectivity index (χ0v) is 13.4. The topological polar surface area (TPSA) is 70.1 Å². The Bertz CT molecular complexity index is 428. The van der Waals surface area contributed by atoms with Crippen LogP contribution in [0.2, 0.25) is 0 Å². The van der Waals surface area contributed by atoms with Gasteiger partial charge < -0.3 is 14.7 Å². The van der Waals surface area contributed by atoms with Gasteiger partial charge in [0.1, 0.15) is 5.60 Å². The average molecular weight is 298 g/mol. The Morgan fingerprint density at radius 3 is 2.38 bits per heavy atom. The summed E-state index contributed by atoms with van der Waals surface area (Å²) in [6, 6.07) is 0.00227. The maximum absolute atomic E-state index is 12.6. The van der Waals surface area contributed by atoms with E-state index in [1.54, 1.807) is 20.8 Å². The van der Waals surface area contributed by atoms with Gasteiger partial charge in [-0.05, 0) is 60.0 Å². The molecule has 2 rings (SSSR count). The SMILES string of the molecule is CN1CCCC(C(=O)O)(N(C(=O)OC(C)(C)C)C2CC2)C1. The number of likely N-dealkylation sites (tertiary alicyclic amines) is 1. The molecule has 0 aromatic rings. The summed E-state index contributed by atoms with van der Waals surface area (Å²) in [7, 11) is 1.90. The Kier molecular flexibility index (Phi) is 4.19. The predicted molar refractivity (Wildman–Crippen MR) is 78.2 cm³/mol. The highest BCUT2D eigenvalue weighted by Crippen LogP contribution is 2.38. The molecule has 120 valence electrons. The van der Waals surface area contributed by atoms with Crippen LogP contribution < -0.4 is 0 Å². The van der Waals surface area contributed by atoms with Crippen LogP contribution in [0, 0.1) is 0 Å². The van der Waals surface area contributed by atoms with E-state index in [4.69, 9.17) is 4.74 Å². The molecule has 0 aromatic heterocycles. The number of carbonyl (C=O) groups is 2. The number of carboxylic acids is 1. The van der Waals surface area contributed by atoms with Crippen LogP contribution in [0.15, 0.2) is 0 Å². The molecule has 2 aliphatic rings. The van der Waals surface area contributed by atoms with Gasteiger partial charge in [-0.1, -0.05) is 0 Å². The van der Waals surface area contributed by atoms with Crippen molar-refractivity contribution in [2.24, 2.45) is 0 Å². The van der Waals surface area contributed by atoms with Gasteiger partial charge in [-0.3, -0.25) is 4.90 Å². The van der Waals surface area contributed by atoms with Crippen molar-refractivity contribution in [3.05, 3.63) is 0 Å². The molecule has 1 atom stereocenters. The van der Waals surface area contributed by atoms with Crippen LogP contribution in [0.4, 0.5) is 4.79 Å². The lowest BCUT2D eigenvalue weighted by atomic mass is 9.87. The molecular weight excluding hydrogens is 272 g/mol. The number of carbonyl (C=O) groups excluding carboxylic acids is 1. The fourth-order valence-corrected chi connectivity index (χ4v) is 3.04. The van der Waals surface area contributed by atoms with Crippen molar-refractivity contribution in [2.45, 2.75) is 63.6 Å². The van der Waals surface area contributed by atoms with E-state index in [0.717, 1.165) is 25.8 Å². The van der Waals surface area contributed by atoms with Crippen molar-refractivity contribution in [1.82, 2.24) is 9.80 Å². The summed E-state index contributed by atoms with van der Waals surface area (Å²) in [6.45, 7) is 6.63. The summed E-state index contributed by atoms with van der Waals surface area (Å²) in [5.41, 5.74) is -1.78. The first-order valence-electron chi connectivity index (χ1n) is 7.60. The van der Waals surface area contributed by atoms with E-state index in [1.165, 1.54) is 4.90 Å². The molecule has 1 heterocycles. The average Bonchev–Trinajstić information content (AvgIpc) is 3.10. The lowest BCUT2D eigenvalue weighted by Gasteiger charge is -2.46. The summed E-state index contributed by atoms with van der Waals surface area (Å²) in [5.74, 6) is -0.924. The number of hydrogen-bond donors (Lipinski definition) is 1. The first kappa shape index (κ1) is 16.1. The van der Waals surface area contributed by atoms with Crippen LogP contribution in [0.1, 0.15) is 46.5 Å². The van der Waals surface area contributed by atoms with E-state index in [9.17, 15) is 14.7 Å². The highest BCUT2D eigenvalue weighted by molar-refractivity contribution is 5.85. The summed E-state index contributed by atoms with van der Waals surface area (Å²) in [6.07, 6.45) is 2.48. The van der Waals surface area contributed by atoms with Gasteiger partial charge in [0.25, 0.3) is 0 Å².